The Hall–Kier alpha value is -0.430. The average Bonchev–Trinajstić information content (AvgIpc) is 2.29. The normalized spacial score (nSPS) is 11.5. The molecule has 5 heteroatoms. The van der Waals surface area contributed by atoms with Crippen LogP contribution in [0.25, 0.3) is 0 Å². The molecule has 0 amide bonds. The van der Waals surface area contributed by atoms with E-state index < -0.39 is 0 Å². The minimum atomic E-state index is -0.0766. The van der Waals surface area contributed by atoms with Crippen molar-refractivity contribution < 1.29 is 0 Å². The molecule has 0 unspecified atom stereocenters. The summed E-state index contributed by atoms with van der Waals surface area (Å²) in [6.45, 7) is 4.83. The van der Waals surface area contributed by atoms with Crippen LogP contribution in [0.4, 0.5) is 5.95 Å². The van der Waals surface area contributed by atoms with Gasteiger partial charge in [0, 0.05) is 22.5 Å². The van der Waals surface area contributed by atoms with Gasteiger partial charge in [-0.05, 0) is 35.4 Å². The van der Waals surface area contributed by atoms with E-state index in [2.05, 4.69) is 51.7 Å². The summed E-state index contributed by atoms with van der Waals surface area (Å²) < 4.78 is 1.03. The number of anilines is 1. The van der Waals surface area contributed by atoms with Crippen molar-refractivity contribution in [2.75, 3.05) is 11.9 Å². The molecule has 0 bridgehead atoms. The van der Waals surface area contributed by atoms with E-state index in [9.17, 15) is 0 Å². The van der Waals surface area contributed by atoms with Gasteiger partial charge in [-0.2, -0.15) is 0 Å². The summed E-state index contributed by atoms with van der Waals surface area (Å²) in [5.74, 6) is 0.657. The molecule has 84 valence electrons. The molecule has 0 fully saturated rings. The van der Waals surface area contributed by atoms with E-state index in [0.717, 1.165) is 16.4 Å². The van der Waals surface area contributed by atoms with Crippen LogP contribution in [0.3, 0.4) is 0 Å². The number of nitrogens with one attached hydrogen (secondary N) is 1. The van der Waals surface area contributed by atoms with Crippen molar-refractivity contribution in [3.05, 3.63) is 16.0 Å². The van der Waals surface area contributed by atoms with E-state index in [4.69, 9.17) is 5.73 Å². The van der Waals surface area contributed by atoms with Crippen LogP contribution in [0.2, 0.25) is 0 Å². The van der Waals surface area contributed by atoms with E-state index in [1.807, 2.05) is 0 Å². The van der Waals surface area contributed by atoms with Crippen molar-refractivity contribution in [3.8, 4) is 0 Å². The monoisotopic (exact) mass is 320 g/mol. The van der Waals surface area contributed by atoms with Gasteiger partial charge in [0.1, 0.15) is 0 Å². The Morgan fingerprint density at radius 2 is 1.87 bits per heavy atom. The number of hydrogen-bond acceptors (Lipinski definition) is 4. The zero-order chi connectivity index (χ0) is 11.3. The van der Waals surface area contributed by atoms with E-state index in [1.54, 1.807) is 12.4 Å². The summed E-state index contributed by atoms with van der Waals surface area (Å²) in [6, 6.07) is 0. The van der Waals surface area contributed by atoms with E-state index in [-0.39, 0.29) is 5.54 Å². The van der Waals surface area contributed by atoms with Crippen LogP contribution in [0.5, 0.6) is 0 Å². The van der Waals surface area contributed by atoms with Gasteiger partial charge in [0.25, 0.3) is 0 Å². The highest BCUT2D eigenvalue weighted by Gasteiger charge is 2.24. The maximum Gasteiger partial charge on any atom is 0.223 e. The lowest BCUT2D eigenvalue weighted by atomic mass is 9.93. The second kappa shape index (κ2) is 5.60. The van der Waals surface area contributed by atoms with Gasteiger partial charge in [0.15, 0.2) is 0 Å². The minimum Gasteiger partial charge on any atom is -0.348 e. The van der Waals surface area contributed by atoms with Gasteiger partial charge in [-0.25, -0.2) is 9.97 Å². The van der Waals surface area contributed by atoms with Crippen LogP contribution in [0.1, 0.15) is 26.7 Å². The van der Waals surface area contributed by atoms with Crippen molar-refractivity contribution in [1.82, 2.24) is 9.97 Å². The number of nitrogens with zero attached hydrogens (tertiary/aromatic N) is 2. The Morgan fingerprint density at radius 3 is 2.27 bits per heavy atom. The third-order valence-corrected chi connectivity index (χ3v) is 3.30. The van der Waals surface area contributed by atoms with Crippen molar-refractivity contribution >= 4 is 28.5 Å². The Bertz CT molecular complexity index is 287. The second-order valence-electron chi connectivity index (χ2n) is 3.54. The van der Waals surface area contributed by atoms with Crippen LogP contribution in [0.15, 0.2) is 12.4 Å². The number of nitrogens with two attached hydrogens (primary N) is 1. The van der Waals surface area contributed by atoms with Gasteiger partial charge >= 0.3 is 0 Å². The minimum absolute atomic E-state index is 0.0766. The van der Waals surface area contributed by atoms with E-state index >= 15 is 0 Å². The maximum absolute atomic E-state index is 5.79. The van der Waals surface area contributed by atoms with Crippen LogP contribution in [-0.4, -0.2) is 22.1 Å². The molecule has 0 aliphatic carbocycles. The lowest BCUT2D eigenvalue weighted by Crippen LogP contribution is -2.44. The Morgan fingerprint density at radius 1 is 1.33 bits per heavy atom. The molecule has 0 aromatic carbocycles. The fourth-order valence-corrected chi connectivity index (χ4v) is 1.66. The molecule has 1 heterocycles. The molecular formula is C10H17IN4. The quantitative estimate of drug-likeness (QED) is 0.815. The van der Waals surface area contributed by atoms with Crippen LogP contribution < -0.4 is 11.1 Å². The summed E-state index contributed by atoms with van der Waals surface area (Å²) in [5, 5.41) is 3.32. The molecular weight excluding hydrogens is 303 g/mol. The third-order valence-electron chi connectivity index (χ3n) is 2.74. The highest BCUT2D eigenvalue weighted by molar-refractivity contribution is 14.1. The first-order valence-corrected chi connectivity index (χ1v) is 6.19. The molecule has 0 saturated heterocycles. The van der Waals surface area contributed by atoms with Gasteiger partial charge in [-0.3, -0.25) is 0 Å². The number of halogens is 1. The molecule has 1 aromatic heterocycles. The summed E-state index contributed by atoms with van der Waals surface area (Å²) in [4.78, 5) is 8.44. The number of hydrogen-bond donors (Lipinski definition) is 2. The summed E-state index contributed by atoms with van der Waals surface area (Å²) in [5.41, 5.74) is 5.71. The van der Waals surface area contributed by atoms with Crippen molar-refractivity contribution in [3.63, 3.8) is 0 Å². The Balaban J connectivity index is 2.78. The molecule has 0 saturated carbocycles. The molecule has 15 heavy (non-hydrogen) atoms. The molecule has 0 aliphatic heterocycles. The van der Waals surface area contributed by atoms with Crippen LogP contribution in [-0.2, 0) is 0 Å². The number of rotatable bonds is 5. The molecule has 1 aromatic rings. The molecule has 4 nitrogen and oxygen atoms in total. The van der Waals surface area contributed by atoms with Gasteiger partial charge in [-0.1, -0.05) is 13.8 Å². The SMILES string of the molecule is CCC(CC)(CN)Nc1ncc(I)cn1. The lowest BCUT2D eigenvalue weighted by Gasteiger charge is -2.31. The van der Waals surface area contributed by atoms with Crippen LogP contribution >= 0.6 is 22.6 Å². The zero-order valence-corrected chi connectivity index (χ0v) is 11.3. The van der Waals surface area contributed by atoms with Crippen molar-refractivity contribution in [1.29, 1.82) is 0 Å². The summed E-state index contributed by atoms with van der Waals surface area (Å²) in [7, 11) is 0. The Labute approximate surface area is 104 Å². The standard InChI is InChI=1S/C10H17IN4/c1-3-10(4-2,7-12)15-9-13-5-8(11)6-14-9/h5-6H,3-4,7,12H2,1-2H3,(H,13,14,15). The van der Waals surface area contributed by atoms with E-state index in [1.165, 1.54) is 0 Å². The van der Waals surface area contributed by atoms with Crippen molar-refractivity contribution in [2.45, 2.75) is 32.2 Å². The molecule has 3 N–H and O–H groups in total. The van der Waals surface area contributed by atoms with Gasteiger partial charge in [0.2, 0.25) is 5.95 Å². The van der Waals surface area contributed by atoms with E-state index in [0.29, 0.717) is 12.5 Å². The maximum atomic E-state index is 5.79. The largest absolute Gasteiger partial charge is 0.348 e. The lowest BCUT2D eigenvalue weighted by molar-refractivity contribution is 0.442. The predicted molar refractivity (Wildman–Crippen MR) is 70.7 cm³/mol. The molecule has 0 atom stereocenters. The van der Waals surface area contributed by atoms with Gasteiger partial charge < -0.3 is 11.1 Å². The van der Waals surface area contributed by atoms with Gasteiger partial charge in [0.05, 0.1) is 5.54 Å². The molecule has 1 rings (SSSR count). The highest BCUT2D eigenvalue weighted by Crippen LogP contribution is 2.18. The smallest absolute Gasteiger partial charge is 0.223 e. The third kappa shape index (κ3) is 3.27. The molecule has 0 spiro atoms. The van der Waals surface area contributed by atoms with Gasteiger partial charge in [-0.15, -0.1) is 0 Å². The molecule has 0 aliphatic rings. The number of aromatic nitrogens is 2. The van der Waals surface area contributed by atoms with Crippen molar-refractivity contribution in [2.24, 2.45) is 5.73 Å². The fourth-order valence-electron chi connectivity index (χ4n) is 1.38. The fraction of sp³-hybridized carbons (Fsp3) is 0.600. The topological polar surface area (TPSA) is 63.8 Å². The Kier molecular flexibility index (Phi) is 4.72. The first-order valence-electron chi connectivity index (χ1n) is 5.11. The molecule has 0 radical (unpaired) electrons. The first-order chi connectivity index (χ1) is 7.15. The van der Waals surface area contributed by atoms with Crippen LogP contribution in [0, 0.1) is 3.57 Å². The predicted octanol–water partition coefficient (Wildman–Crippen LogP) is 2.01. The zero-order valence-electron chi connectivity index (χ0n) is 9.13. The highest BCUT2D eigenvalue weighted by atomic mass is 127. The average molecular weight is 320 g/mol. The summed E-state index contributed by atoms with van der Waals surface area (Å²) >= 11 is 2.18. The summed E-state index contributed by atoms with van der Waals surface area (Å²) in [6.07, 6.45) is 5.52. The second-order valence-corrected chi connectivity index (χ2v) is 4.79. The first kappa shape index (κ1) is 12.6.